The van der Waals surface area contributed by atoms with Crippen molar-refractivity contribution in [2.45, 2.75) is 87.2 Å². The number of amides is 1. The molecule has 5 nitrogen and oxygen atoms in total. The number of sulfonamides is 1. The van der Waals surface area contributed by atoms with Crippen LogP contribution in [0.15, 0.2) is 35.2 Å². The first-order valence-electron chi connectivity index (χ1n) is 10.4. The van der Waals surface area contributed by atoms with Gasteiger partial charge in [-0.25, -0.2) is 8.42 Å². The molecule has 2 atom stereocenters. The van der Waals surface area contributed by atoms with E-state index in [1.54, 1.807) is 28.6 Å². The number of fused-ring (bicyclic) bond motifs is 2. The van der Waals surface area contributed by atoms with Gasteiger partial charge >= 0.3 is 0 Å². The summed E-state index contributed by atoms with van der Waals surface area (Å²) in [4.78, 5) is 13.0. The van der Waals surface area contributed by atoms with Crippen LogP contribution in [0, 0.1) is 5.92 Å². The Kier molecular flexibility index (Phi) is 5.55. The van der Waals surface area contributed by atoms with E-state index in [0.717, 1.165) is 57.8 Å². The molecule has 0 unspecified atom stereocenters. The van der Waals surface area contributed by atoms with E-state index >= 15 is 0 Å². The molecule has 0 radical (unpaired) electrons. The number of carbonyl (C=O) groups excluding carboxylic acids is 1. The standard InChI is InChI=1S/C21H30N2O3S/c24-21(16-8-3-1-4-9-16)22-17-14-18-10-7-11-19(15-17)23(18)27(25,26)20-12-5-2-6-13-20/h2,5-6,12-13,16-19H,1,3-4,7-11,14-15H2,(H,22,24)/t18-,19-/m0/s1. The van der Waals surface area contributed by atoms with Gasteiger partial charge in [-0.15, -0.1) is 0 Å². The number of piperidine rings is 2. The fourth-order valence-corrected chi connectivity index (χ4v) is 7.16. The molecule has 6 heteroatoms. The van der Waals surface area contributed by atoms with Crippen molar-refractivity contribution in [3.63, 3.8) is 0 Å². The molecule has 1 amide bonds. The van der Waals surface area contributed by atoms with Crippen molar-refractivity contribution in [2.24, 2.45) is 5.92 Å². The van der Waals surface area contributed by atoms with Gasteiger partial charge < -0.3 is 5.32 Å². The maximum Gasteiger partial charge on any atom is 0.243 e. The molecule has 2 aliphatic heterocycles. The van der Waals surface area contributed by atoms with Gasteiger partial charge in [0.2, 0.25) is 15.9 Å². The molecular weight excluding hydrogens is 360 g/mol. The van der Waals surface area contributed by atoms with Crippen molar-refractivity contribution in [1.82, 2.24) is 9.62 Å². The van der Waals surface area contributed by atoms with Crippen LogP contribution in [-0.2, 0) is 14.8 Å². The van der Waals surface area contributed by atoms with Gasteiger partial charge in [0.05, 0.1) is 4.90 Å². The van der Waals surface area contributed by atoms with Crippen molar-refractivity contribution in [3.8, 4) is 0 Å². The Labute approximate surface area is 162 Å². The summed E-state index contributed by atoms with van der Waals surface area (Å²) in [5, 5.41) is 3.27. The Hall–Kier alpha value is -1.40. The number of carbonyl (C=O) groups is 1. The van der Waals surface area contributed by atoms with E-state index in [1.165, 1.54) is 6.42 Å². The van der Waals surface area contributed by atoms with Crippen molar-refractivity contribution in [2.75, 3.05) is 0 Å². The molecule has 0 aromatic heterocycles. The summed E-state index contributed by atoms with van der Waals surface area (Å²) in [5.74, 6) is 0.349. The first-order valence-corrected chi connectivity index (χ1v) is 11.9. The van der Waals surface area contributed by atoms with Crippen LogP contribution in [0.3, 0.4) is 0 Å². The quantitative estimate of drug-likeness (QED) is 0.856. The molecule has 1 N–H and O–H groups in total. The highest BCUT2D eigenvalue weighted by Crippen LogP contribution is 2.38. The summed E-state index contributed by atoms with van der Waals surface area (Å²) in [6.07, 6.45) is 9.86. The maximum absolute atomic E-state index is 13.2. The Bertz CT molecular complexity index is 745. The Balaban J connectivity index is 1.47. The number of nitrogens with zero attached hydrogens (tertiary/aromatic N) is 1. The molecule has 2 bridgehead atoms. The van der Waals surface area contributed by atoms with E-state index in [9.17, 15) is 13.2 Å². The molecule has 4 rings (SSSR count). The molecular formula is C21H30N2O3S. The second kappa shape index (κ2) is 7.92. The topological polar surface area (TPSA) is 66.5 Å². The lowest BCUT2D eigenvalue weighted by Crippen LogP contribution is -2.59. The molecule has 2 heterocycles. The normalized spacial score (nSPS) is 30.0. The number of hydrogen-bond acceptors (Lipinski definition) is 3. The number of benzene rings is 1. The number of rotatable bonds is 4. The van der Waals surface area contributed by atoms with Gasteiger partial charge in [-0.1, -0.05) is 43.9 Å². The molecule has 1 aromatic carbocycles. The van der Waals surface area contributed by atoms with Crippen LogP contribution in [0.4, 0.5) is 0 Å². The third kappa shape index (κ3) is 3.92. The van der Waals surface area contributed by atoms with Crippen LogP contribution in [0.5, 0.6) is 0 Å². The first-order chi connectivity index (χ1) is 13.1. The smallest absolute Gasteiger partial charge is 0.243 e. The Morgan fingerprint density at radius 1 is 0.889 bits per heavy atom. The fraction of sp³-hybridized carbons (Fsp3) is 0.667. The largest absolute Gasteiger partial charge is 0.353 e. The highest BCUT2D eigenvalue weighted by molar-refractivity contribution is 7.89. The third-order valence-electron chi connectivity index (χ3n) is 6.55. The lowest BCUT2D eigenvalue weighted by atomic mass is 9.83. The predicted molar refractivity (Wildman–Crippen MR) is 105 cm³/mol. The van der Waals surface area contributed by atoms with E-state index in [4.69, 9.17) is 0 Å². The van der Waals surface area contributed by atoms with Crippen LogP contribution in [0.25, 0.3) is 0 Å². The molecule has 0 spiro atoms. The Morgan fingerprint density at radius 3 is 2.15 bits per heavy atom. The molecule has 1 aromatic rings. The summed E-state index contributed by atoms with van der Waals surface area (Å²) in [6.45, 7) is 0. The van der Waals surface area contributed by atoms with Gasteiger partial charge in [0.25, 0.3) is 0 Å². The number of nitrogens with one attached hydrogen (secondary N) is 1. The highest BCUT2D eigenvalue weighted by Gasteiger charge is 2.45. The van der Waals surface area contributed by atoms with Crippen LogP contribution in [0.2, 0.25) is 0 Å². The lowest BCUT2D eigenvalue weighted by molar-refractivity contribution is -0.127. The average molecular weight is 391 g/mol. The molecule has 3 aliphatic rings. The zero-order valence-corrected chi connectivity index (χ0v) is 16.7. The monoisotopic (exact) mass is 390 g/mol. The average Bonchev–Trinajstić information content (AvgIpc) is 2.68. The van der Waals surface area contributed by atoms with Gasteiger partial charge in [-0.2, -0.15) is 4.31 Å². The van der Waals surface area contributed by atoms with Gasteiger partial charge in [-0.3, -0.25) is 4.79 Å². The van der Waals surface area contributed by atoms with Crippen LogP contribution >= 0.6 is 0 Å². The lowest BCUT2D eigenvalue weighted by Gasteiger charge is -2.48. The fourth-order valence-electron chi connectivity index (χ4n) is 5.25. The molecule has 27 heavy (non-hydrogen) atoms. The molecule has 148 valence electrons. The minimum Gasteiger partial charge on any atom is -0.353 e. The summed E-state index contributed by atoms with van der Waals surface area (Å²) in [6, 6.07) is 8.87. The van der Waals surface area contributed by atoms with Crippen LogP contribution in [-0.4, -0.2) is 36.8 Å². The zero-order chi connectivity index (χ0) is 18.9. The van der Waals surface area contributed by atoms with Crippen LogP contribution < -0.4 is 5.32 Å². The van der Waals surface area contributed by atoms with E-state index in [0.29, 0.717) is 4.90 Å². The molecule has 2 saturated heterocycles. The van der Waals surface area contributed by atoms with E-state index < -0.39 is 10.0 Å². The van der Waals surface area contributed by atoms with Gasteiger partial charge in [-0.05, 0) is 50.7 Å². The van der Waals surface area contributed by atoms with E-state index in [2.05, 4.69) is 5.32 Å². The van der Waals surface area contributed by atoms with E-state index in [-0.39, 0.29) is 30.0 Å². The summed E-state index contributed by atoms with van der Waals surface area (Å²) in [7, 11) is -3.47. The second-order valence-electron chi connectivity index (χ2n) is 8.40. The van der Waals surface area contributed by atoms with E-state index in [1.807, 2.05) is 6.07 Å². The summed E-state index contributed by atoms with van der Waals surface area (Å²) >= 11 is 0. The predicted octanol–water partition coefficient (Wildman–Crippen LogP) is 3.46. The highest BCUT2D eigenvalue weighted by atomic mass is 32.2. The van der Waals surface area contributed by atoms with Crippen molar-refractivity contribution < 1.29 is 13.2 Å². The maximum atomic E-state index is 13.2. The van der Waals surface area contributed by atoms with Crippen molar-refractivity contribution in [1.29, 1.82) is 0 Å². The minimum atomic E-state index is -3.47. The SMILES string of the molecule is O=C(NC1C[C@@H]2CCC[C@@H](C1)N2S(=O)(=O)c1ccccc1)C1CCCCC1. The third-order valence-corrected chi connectivity index (χ3v) is 8.57. The van der Waals surface area contributed by atoms with Crippen LogP contribution in [0.1, 0.15) is 64.2 Å². The Morgan fingerprint density at radius 2 is 1.52 bits per heavy atom. The minimum absolute atomic E-state index is 0.000591. The van der Waals surface area contributed by atoms with Gasteiger partial charge in [0, 0.05) is 24.0 Å². The molecule has 1 aliphatic carbocycles. The zero-order valence-electron chi connectivity index (χ0n) is 15.8. The second-order valence-corrected chi connectivity index (χ2v) is 10.2. The van der Waals surface area contributed by atoms with Crippen molar-refractivity contribution in [3.05, 3.63) is 30.3 Å². The molecule has 3 fully saturated rings. The van der Waals surface area contributed by atoms with Gasteiger partial charge in [0.15, 0.2) is 0 Å². The number of hydrogen-bond donors (Lipinski definition) is 1. The first kappa shape index (κ1) is 18.9. The summed E-state index contributed by atoms with van der Waals surface area (Å²) < 4.78 is 28.2. The van der Waals surface area contributed by atoms with Crippen molar-refractivity contribution >= 4 is 15.9 Å². The molecule has 1 saturated carbocycles. The van der Waals surface area contributed by atoms with Gasteiger partial charge in [0.1, 0.15) is 0 Å². The summed E-state index contributed by atoms with van der Waals surface area (Å²) in [5.41, 5.74) is 0.